The van der Waals surface area contributed by atoms with E-state index in [-0.39, 0.29) is 27.3 Å². The Bertz CT molecular complexity index is 1070. The van der Waals surface area contributed by atoms with E-state index >= 15 is 0 Å². The quantitative estimate of drug-likeness (QED) is 0.647. The third-order valence-electron chi connectivity index (χ3n) is 6.08. The van der Waals surface area contributed by atoms with E-state index in [0.717, 1.165) is 5.56 Å². The van der Waals surface area contributed by atoms with E-state index < -0.39 is 21.3 Å². The van der Waals surface area contributed by atoms with Crippen molar-refractivity contribution in [2.24, 2.45) is 0 Å². The van der Waals surface area contributed by atoms with Gasteiger partial charge < -0.3 is 10.1 Å². The first-order valence-electron chi connectivity index (χ1n) is 10.5. The molecular formula is C23H28ClFN2O4S. The molecule has 0 aliphatic carbocycles. The van der Waals surface area contributed by atoms with Gasteiger partial charge in [0, 0.05) is 38.3 Å². The van der Waals surface area contributed by atoms with Gasteiger partial charge in [-0.3, -0.25) is 4.79 Å². The van der Waals surface area contributed by atoms with Gasteiger partial charge in [-0.15, -0.1) is 0 Å². The van der Waals surface area contributed by atoms with Crippen LogP contribution in [0.1, 0.15) is 42.6 Å². The summed E-state index contributed by atoms with van der Waals surface area (Å²) in [6.45, 7) is 4.89. The van der Waals surface area contributed by atoms with Gasteiger partial charge in [0.25, 0.3) is 5.91 Å². The van der Waals surface area contributed by atoms with Gasteiger partial charge in [-0.25, -0.2) is 12.8 Å². The highest BCUT2D eigenvalue weighted by molar-refractivity contribution is 7.89. The van der Waals surface area contributed by atoms with Crippen molar-refractivity contribution in [2.75, 3.05) is 26.8 Å². The van der Waals surface area contributed by atoms with E-state index in [1.54, 1.807) is 26.0 Å². The molecule has 1 aliphatic heterocycles. The Morgan fingerprint density at radius 1 is 1.19 bits per heavy atom. The molecule has 32 heavy (non-hydrogen) atoms. The lowest BCUT2D eigenvalue weighted by atomic mass is 9.74. The fourth-order valence-electron chi connectivity index (χ4n) is 3.76. The fourth-order valence-corrected chi connectivity index (χ4v) is 5.36. The Morgan fingerprint density at radius 3 is 2.41 bits per heavy atom. The van der Waals surface area contributed by atoms with Crippen LogP contribution in [0, 0.1) is 5.82 Å². The molecule has 0 aromatic heterocycles. The van der Waals surface area contributed by atoms with Gasteiger partial charge in [0.05, 0.1) is 15.5 Å². The summed E-state index contributed by atoms with van der Waals surface area (Å²) in [4.78, 5) is 13.0. The van der Waals surface area contributed by atoms with E-state index in [1.807, 2.05) is 0 Å². The van der Waals surface area contributed by atoms with Gasteiger partial charge in [-0.2, -0.15) is 4.31 Å². The predicted octanol–water partition coefficient (Wildman–Crippen LogP) is 3.99. The number of sulfonamides is 1. The van der Waals surface area contributed by atoms with Crippen molar-refractivity contribution in [3.63, 3.8) is 0 Å². The van der Waals surface area contributed by atoms with Crippen molar-refractivity contribution >= 4 is 27.5 Å². The van der Waals surface area contributed by atoms with E-state index in [2.05, 4.69) is 5.32 Å². The summed E-state index contributed by atoms with van der Waals surface area (Å²) in [5.41, 5.74) is 0.602. The number of amides is 1. The van der Waals surface area contributed by atoms with Crippen LogP contribution in [0.3, 0.4) is 0 Å². The van der Waals surface area contributed by atoms with Gasteiger partial charge in [-0.1, -0.05) is 23.7 Å². The molecule has 1 amide bonds. The number of nitrogens with zero attached hydrogens (tertiary/aromatic N) is 1. The van der Waals surface area contributed by atoms with E-state index in [0.29, 0.717) is 32.6 Å². The number of nitrogens with one attached hydrogen (secondary N) is 1. The van der Waals surface area contributed by atoms with Gasteiger partial charge in [0.1, 0.15) is 5.82 Å². The summed E-state index contributed by atoms with van der Waals surface area (Å²) in [5, 5.41) is 3.08. The molecule has 1 fully saturated rings. The fraction of sp³-hybridized carbons (Fsp3) is 0.435. The number of hydrogen-bond acceptors (Lipinski definition) is 4. The van der Waals surface area contributed by atoms with Crippen LogP contribution in [0.5, 0.6) is 0 Å². The molecule has 0 saturated carbocycles. The molecule has 0 radical (unpaired) electrons. The monoisotopic (exact) mass is 482 g/mol. The minimum atomic E-state index is -3.76. The SMILES string of the molecule is CC(C)N(C)S(=O)(=O)c1ccc(Cl)c(C(=O)NCC2(c3ccc(F)cc3)CCOCC2)c1. The summed E-state index contributed by atoms with van der Waals surface area (Å²) >= 11 is 6.24. The van der Waals surface area contributed by atoms with Crippen LogP contribution in [0.4, 0.5) is 4.39 Å². The first kappa shape index (κ1) is 24.6. The van der Waals surface area contributed by atoms with Gasteiger partial charge >= 0.3 is 0 Å². The molecule has 0 unspecified atom stereocenters. The number of benzene rings is 2. The zero-order chi connectivity index (χ0) is 23.5. The Labute approximate surface area is 193 Å². The molecule has 1 heterocycles. The smallest absolute Gasteiger partial charge is 0.252 e. The number of carbonyl (C=O) groups is 1. The maximum Gasteiger partial charge on any atom is 0.252 e. The van der Waals surface area contributed by atoms with E-state index in [9.17, 15) is 17.6 Å². The highest BCUT2D eigenvalue weighted by atomic mass is 35.5. The zero-order valence-corrected chi connectivity index (χ0v) is 20.0. The molecular weight excluding hydrogens is 455 g/mol. The Hall–Kier alpha value is -2.00. The average molecular weight is 483 g/mol. The number of rotatable bonds is 7. The molecule has 2 aromatic rings. The molecule has 0 bridgehead atoms. The maximum atomic E-state index is 13.4. The third kappa shape index (κ3) is 5.14. The van der Waals surface area contributed by atoms with E-state index in [4.69, 9.17) is 16.3 Å². The highest BCUT2D eigenvalue weighted by Crippen LogP contribution is 2.34. The topological polar surface area (TPSA) is 75.7 Å². The molecule has 2 aromatic carbocycles. The summed E-state index contributed by atoms with van der Waals surface area (Å²) in [6, 6.07) is 10.2. The van der Waals surface area contributed by atoms with Crippen LogP contribution in [0.2, 0.25) is 5.02 Å². The van der Waals surface area contributed by atoms with Crippen LogP contribution in [-0.2, 0) is 20.2 Å². The second-order valence-electron chi connectivity index (χ2n) is 8.34. The Kier molecular flexibility index (Phi) is 7.60. The number of hydrogen-bond donors (Lipinski definition) is 1. The minimum Gasteiger partial charge on any atom is -0.381 e. The lowest BCUT2D eigenvalue weighted by molar-refractivity contribution is 0.0487. The second kappa shape index (κ2) is 9.87. The molecule has 9 heteroatoms. The van der Waals surface area contributed by atoms with E-state index in [1.165, 1.54) is 41.7 Å². The zero-order valence-electron chi connectivity index (χ0n) is 18.4. The maximum absolute atomic E-state index is 13.4. The largest absolute Gasteiger partial charge is 0.381 e. The summed E-state index contributed by atoms with van der Waals surface area (Å²) in [7, 11) is -2.27. The van der Waals surface area contributed by atoms with Gasteiger partial charge in [0.2, 0.25) is 10.0 Å². The highest BCUT2D eigenvalue weighted by Gasteiger charge is 2.35. The normalized spacial score (nSPS) is 16.3. The van der Waals surface area contributed by atoms with Crippen molar-refractivity contribution in [1.82, 2.24) is 9.62 Å². The number of ether oxygens (including phenoxy) is 1. The van der Waals surface area contributed by atoms with Crippen molar-refractivity contribution in [3.8, 4) is 0 Å². The number of carbonyl (C=O) groups excluding carboxylic acids is 1. The number of halogens is 2. The van der Waals surface area contributed by atoms with Crippen molar-refractivity contribution in [1.29, 1.82) is 0 Å². The summed E-state index contributed by atoms with van der Waals surface area (Å²) in [5.74, 6) is -0.789. The Balaban J connectivity index is 1.85. The third-order valence-corrected chi connectivity index (χ3v) is 8.44. The standard InChI is InChI=1S/C23H28ClFN2O4S/c1-16(2)27(3)32(29,30)19-8-9-21(24)20(14-19)22(28)26-15-23(10-12-31-13-11-23)17-4-6-18(25)7-5-17/h4-9,14,16H,10-13,15H2,1-3H3,(H,26,28). The van der Waals surface area contributed by atoms with Gasteiger partial charge in [-0.05, 0) is 62.6 Å². The Morgan fingerprint density at radius 2 is 1.81 bits per heavy atom. The molecule has 1 aliphatic rings. The predicted molar refractivity (Wildman–Crippen MR) is 122 cm³/mol. The molecule has 1 N–H and O–H groups in total. The van der Waals surface area contributed by atoms with Crippen LogP contribution >= 0.6 is 11.6 Å². The summed E-state index contributed by atoms with van der Waals surface area (Å²) < 4.78 is 45.8. The van der Waals surface area contributed by atoms with Crippen LogP contribution < -0.4 is 5.32 Å². The lowest BCUT2D eigenvalue weighted by Crippen LogP contribution is -2.44. The van der Waals surface area contributed by atoms with Gasteiger partial charge in [0.15, 0.2) is 0 Å². The lowest BCUT2D eigenvalue weighted by Gasteiger charge is -2.38. The van der Waals surface area contributed by atoms with Crippen molar-refractivity contribution < 1.29 is 22.3 Å². The molecule has 6 nitrogen and oxygen atoms in total. The summed E-state index contributed by atoms with van der Waals surface area (Å²) in [6.07, 6.45) is 1.33. The minimum absolute atomic E-state index is 0.00237. The molecule has 1 saturated heterocycles. The first-order valence-corrected chi connectivity index (χ1v) is 12.3. The first-order chi connectivity index (χ1) is 15.1. The average Bonchev–Trinajstić information content (AvgIpc) is 2.78. The molecule has 0 atom stereocenters. The molecule has 3 rings (SSSR count). The van der Waals surface area contributed by atoms with Crippen LogP contribution in [0.15, 0.2) is 47.4 Å². The second-order valence-corrected chi connectivity index (χ2v) is 10.7. The van der Waals surface area contributed by atoms with Crippen LogP contribution in [-0.4, -0.2) is 51.5 Å². The van der Waals surface area contributed by atoms with Crippen molar-refractivity contribution in [2.45, 2.75) is 43.0 Å². The van der Waals surface area contributed by atoms with Crippen LogP contribution in [0.25, 0.3) is 0 Å². The molecule has 0 spiro atoms. The molecule has 174 valence electrons. The van der Waals surface area contributed by atoms with Crippen molar-refractivity contribution in [3.05, 3.63) is 64.4 Å².